The van der Waals surface area contributed by atoms with Crippen molar-refractivity contribution in [1.29, 1.82) is 0 Å². The predicted octanol–water partition coefficient (Wildman–Crippen LogP) is 7.44. The number of amides is 3. The van der Waals surface area contributed by atoms with E-state index in [0.717, 1.165) is 33.6 Å². The molecule has 1 atom stereocenters. The van der Waals surface area contributed by atoms with Crippen molar-refractivity contribution >= 4 is 56.4 Å². The number of nitrogens with zero attached hydrogens (tertiary/aromatic N) is 4. The molecule has 0 saturated carbocycles. The minimum atomic E-state index is -0.551. The molecule has 4 aromatic rings. The Balaban J connectivity index is 1.25. The summed E-state index contributed by atoms with van der Waals surface area (Å²) in [5.74, 6) is 1.13. The number of para-hydroxylation sites is 1. The van der Waals surface area contributed by atoms with Gasteiger partial charge in [0.25, 0.3) is 0 Å². The highest BCUT2D eigenvalue weighted by Gasteiger charge is 2.34. The number of anilines is 3. The summed E-state index contributed by atoms with van der Waals surface area (Å²) in [5, 5.41) is 7.43. The third kappa shape index (κ3) is 5.85. The summed E-state index contributed by atoms with van der Waals surface area (Å²) in [5.41, 5.74) is 2.81. The molecule has 2 aliphatic rings. The Morgan fingerprint density at radius 3 is 2.67 bits per heavy atom. The molecule has 6 rings (SSSR count). The van der Waals surface area contributed by atoms with Gasteiger partial charge in [-0.1, -0.05) is 24.8 Å². The van der Waals surface area contributed by atoms with Crippen LogP contribution in [0.5, 0.6) is 11.6 Å². The zero-order chi connectivity index (χ0) is 30.3. The maximum absolute atomic E-state index is 13.7. The van der Waals surface area contributed by atoms with Crippen LogP contribution < -0.4 is 20.3 Å². The predicted molar refractivity (Wildman–Crippen MR) is 169 cm³/mol. The number of rotatable bonds is 6. The van der Waals surface area contributed by atoms with E-state index in [-0.39, 0.29) is 18.2 Å². The zero-order valence-electron chi connectivity index (χ0n) is 24.6. The maximum Gasteiger partial charge on any atom is 0.410 e. The molecule has 0 aliphatic carbocycles. The van der Waals surface area contributed by atoms with Crippen LogP contribution >= 0.6 is 11.3 Å². The molecule has 1 aromatic carbocycles. The number of pyridine rings is 2. The second-order valence-electron chi connectivity index (χ2n) is 11.6. The van der Waals surface area contributed by atoms with Gasteiger partial charge in [-0.2, -0.15) is 0 Å². The molecule has 11 heteroatoms. The first-order valence-electron chi connectivity index (χ1n) is 14.2. The molecule has 2 aliphatic heterocycles. The van der Waals surface area contributed by atoms with Crippen LogP contribution in [0.15, 0.2) is 61.3 Å². The second-order valence-corrected chi connectivity index (χ2v) is 12.6. The molecule has 1 saturated heterocycles. The number of urea groups is 1. The molecular weight excluding hydrogens is 564 g/mol. The summed E-state index contributed by atoms with van der Waals surface area (Å²) in [6.45, 7) is 12.9. The van der Waals surface area contributed by atoms with E-state index >= 15 is 0 Å². The van der Waals surface area contributed by atoms with Gasteiger partial charge in [0, 0.05) is 37.1 Å². The van der Waals surface area contributed by atoms with Crippen LogP contribution in [0.3, 0.4) is 0 Å². The van der Waals surface area contributed by atoms with Crippen molar-refractivity contribution in [3.63, 3.8) is 0 Å². The molecule has 43 heavy (non-hydrogen) atoms. The van der Waals surface area contributed by atoms with E-state index < -0.39 is 5.60 Å². The van der Waals surface area contributed by atoms with Crippen molar-refractivity contribution in [3.05, 3.63) is 71.9 Å². The lowest BCUT2D eigenvalue weighted by atomic mass is 10.1. The zero-order valence-corrected chi connectivity index (χ0v) is 25.5. The first-order chi connectivity index (χ1) is 20.6. The van der Waals surface area contributed by atoms with Crippen LogP contribution in [-0.2, 0) is 4.74 Å². The van der Waals surface area contributed by atoms with Gasteiger partial charge in [0.2, 0.25) is 5.88 Å². The molecule has 222 valence electrons. The number of hydrogen-bond donors (Lipinski definition) is 2. The number of hydrogen-bond acceptors (Lipinski definition) is 8. The van der Waals surface area contributed by atoms with Gasteiger partial charge in [0.15, 0.2) is 0 Å². The van der Waals surface area contributed by atoms with Crippen LogP contribution in [0.2, 0.25) is 0 Å². The number of carbonyl (C=O) groups is 2. The lowest BCUT2D eigenvalue weighted by Gasteiger charge is -2.35. The van der Waals surface area contributed by atoms with E-state index in [4.69, 9.17) is 9.47 Å². The summed E-state index contributed by atoms with van der Waals surface area (Å²) in [6.07, 6.45) is 3.13. The van der Waals surface area contributed by atoms with Gasteiger partial charge >= 0.3 is 12.1 Å². The number of aryl methyl sites for hydroxylation is 1. The number of benzene rings is 1. The quantitative estimate of drug-likeness (QED) is 0.237. The molecule has 1 fully saturated rings. The van der Waals surface area contributed by atoms with E-state index in [1.165, 1.54) is 11.3 Å². The topological polar surface area (TPSA) is 109 Å². The van der Waals surface area contributed by atoms with Crippen molar-refractivity contribution in [2.75, 3.05) is 23.3 Å². The number of aromatic nitrogens is 2. The number of piperidine rings is 1. The molecule has 0 unspecified atom stereocenters. The molecule has 3 amide bonds. The Labute approximate surface area is 254 Å². The Morgan fingerprint density at radius 1 is 1.14 bits per heavy atom. The average Bonchev–Trinajstić information content (AvgIpc) is 3.33. The van der Waals surface area contributed by atoms with Crippen molar-refractivity contribution in [2.45, 2.75) is 52.2 Å². The number of thiophene rings is 1. The van der Waals surface area contributed by atoms with E-state index in [2.05, 4.69) is 27.2 Å². The third-order valence-corrected chi connectivity index (χ3v) is 8.37. The van der Waals surface area contributed by atoms with Crippen LogP contribution in [0.4, 0.5) is 26.7 Å². The first-order valence-corrected chi connectivity index (χ1v) is 15.1. The van der Waals surface area contributed by atoms with Gasteiger partial charge < -0.3 is 25.0 Å². The fraction of sp³-hybridized carbons (Fsp3) is 0.312. The highest BCUT2D eigenvalue weighted by molar-refractivity contribution is 7.20. The third-order valence-electron chi connectivity index (χ3n) is 7.21. The molecule has 10 nitrogen and oxygen atoms in total. The van der Waals surface area contributed by atoms with Gasteiger partial charge in [-0.3, -0.25) is 4.90 Å². The Hall–Kier alpha value is -4.64. The second kappa shape index (κ2) is 11.2. The molecule has 0 radical (unpaired) electrons. The van der Waals surface area contributed by atoms with Crippen molar-refractivity contribution < 1.29 is 19.1 Å². The van der Waals surface area contributed by atoms with Crippen LogP contribution in [0.25, 0.3) is 15.9 Å². The largest absolute Gasteiger partial charge is 0.444 e. The van der Waals surface area contributed by atoms with Gasteiger partial charge in [0.1, 0.15) is 16.2 Å². The number of likely N-dealkylation sites (tertiary alicyclic amines) is 1. The van der Waals surface area contributed by atoms with Crippen LogP contribution in [-0.4, -0.2) is 51.7 Å². The van der Waals surface area contributed by atoms with E-state index in [1.54, 1.807) is 22.1 Å². The highest BCUT2D eigenvalue weighted by Crippen LogP contribution is 2.47. The van der Waals surface area contributed by atoms with Gasteiger partial charge in [-0.25, -0.2) is 19.6 Å². The van der Waals surface area contributed by atoms with Crippen molar-refractivity contribution in [3.8, 4) is 11.6 Å². The SMILES string of the molecule is C=C(N[C@@H]1CCCN(C(=O)OC(C)(C)C)C1)c1sc2nccc3c2c1NC(=O)N3c1ccc(Oc2ccccc2)nc1C. The highest BCUT2D eigenvalue weighted by atomic mass is 32.1. The monoisotopic (exact) mass is 598 g/mol. The summed E-state index contributed by atoms with van der Waals surface area (Å²) in [4.78, 5) is 40.5. The Bertz CT molecular complexity index is 1710. The standard InChI is InChI=1S/C32H34N6O4S/c1-19-23(13-14-25(35-19)41-22-11-7-6-8-12-22)38-24-15-16-33-29-26(24)27(36-30(38)39)28(43-29)20(2)34-21-10-9-17-37(18-21)31(40)42-32(3,4)5/h6-8,11-16,21,34H,2,9-10,17-18H2,1,3-5H3,(H,36,39)/t21-/m1/s1. The fourth-order valence-corrected chi connectivity index (χ4v) is 6.42. The summed E-state index contributed by atoms with van der Waals surface area (Å²) < 4.78 is 11.5. The Kier molecular flexibility index (Phi) is 7.43. The first kappa shape index (κ1) is 28.5. The summed E-state index contributed by atoms with van der Waals surface area (Å²) in [6, 6.07) is 14.6. The molecule has 2 N–H and O–H groups in total. The molecule has 5 heterocycles. The van der Waals surface area contributed by atoms with Crippen LogP contribution in [0.1, 0.15) is 44.2 Å². The number of ether oxygens (including phenoxy) is 2. The molecule has 0 bridgehead atoms. The lowest BCUT2D eigenvalue weighted by molar-refractivity contribution is 0.0193. The maximum atomic E-state index is 13.7. The van der Waals surface area contributed by atoms with Crippen molar-refractivity contribution in [1.82, 2.24) is 20.2 Å². The fourth-order valence-electron chi connectivity index (χ4n) is 5.37. The molecular formula is C32H34N6O4S. The molecule has 0 spiro atoms. The normalized spacial score (nSPS) is 16.6. The lowest BCUT2D eigenvalue weighted by Crippen LogP contribution is -2.48. The summed E-state index contributed by atoms with van der Waals surface area (Å²) >= 11 is 1.47. The minimum absolute atomic E-state index is 0.000237. The van der Waals surface area contributed by atoms with Gasteiger partial charge in [0.05, 0.1) is 33.0 Å². The van der Waals surface area contributed by atoms with E-state index in [0.29, 0.717) is 47.5 Å². The molecule has 3 aromatic heterocycles. The van der Waals surface area contributed by atoms with Crippen molar-refractivity contribution in [2.24, 2.45) is 0 Å². The van der Waals surface area contributed by atoms with Gasteiger partial charge in [-0.05, 0) is 64.8 Å². The smallest absolute Gasteiger partial charge is 0.410 e. The summed E-state index contributed by atoms with van der Waals surface area (Å²) in [7, 11) is 0. The Morgan fingerprint density at radius 2 is 1.93 bits per heavy atom. The number of carbonyl (C=O) groups excluding carboxylic acids is 2. The van der Waals surface area contributed by atoms with E-state index in [9.17, 15) is 9.59 Å². The number of nitrogens with one attached hydrogen (secondary N) is 2. The minimum Gasteiger partial charge on any atom is -0.444 e. The van der Waals surface area contributed by atoms with Crippen LogP contribution in [0, 0.1) is 6.92 Å². The average molecular weight is 599 g/mol. The van der Waals surface area contributed by atoms with E-state index in [1.807, 2.05) is 70.2 Å². The van der Waals surface area contributed by atoms with Gasteiger partial charge in [-0.15, -0.1) is 11.3 Å².